The minimum absolute atomic E-state index is 0.935. The van der Waals surface area contributed by atoms with Gasteiger partial charge in [-0.15, -0.1) is 0 Å². The number of hydrogen-bond donors (Lipinski definition) is 0. The van der Waals surface area contributed by atoms with E-state index in [2.05, 4.69) is 114 Å². The van der Waals surface area contributed by atoms with Crippen LogP contribution in [0.5, 0.6) is 0 Å². The average Bonchev–Trinajstić information content (AvgIpc) is 3.09. The molecule has 42 heavy (non-hydrogen) atoms. The molecule has 0 saturated carbocycles. The maximum Gasteiger partial charge on any atom is 0.0715 e. The van der Waals surface area contributed by atoms with Crippen molar-refractivity contribution in [1.82, 2.24) is 15.0 Å². The van der Waals surface area contributed by atoms with Gasteiger partial charge in [-0.2, -0.15) is 0 Å². The molecule has 3 nitrogen and oxygen atoms in total. The largest absolute Gasteiger partial charge is 0.256 e. The van der Waals surface area contributed by atoms with Crippen LogP contribution in [0.25, 0.3) is 56.0 Å². The summed E-state index contributed by atoms with van der Waals surface area (Å²) in [7, 11) is 0. The SMILES string of the molecule is C1=CC(c2ccc(-c3cc(-c4cc(C5=CCCC=C5)nc(-c5ccccc5)c4)cc(-c4ccccn4)c3)nc2)=CCC1. The summed E-state index contributed by atoms with van der Waals surface area (Å²) >= 11 is 0. The molecule has 202 valence electrons. The van der Waals surface area contributed by atoms with Crippen LogP contribution in [0.2, 0.25) is 0 Å². The maximum absolute atomic E-state index is 5.11. The van der Waals surface area contributed by atoms with Crippen LogP contribution in [0.3, 0.4) is 0 Å². The fraction of sp³-hybridized carbons (Fsp3) is 0.103. The molecular weight excluding hydrogens is 510 g/mol. The van der Waals surface area contributed by atoms with E-state index < -0.39 is 0 Å². The van der Waals surface area contributed by atoms with E-state index >= 15 is 0 Å². The first kappa shape index (κ1) is 25.8. The Labute approximate surface area is 247 Å². The number of nitrogens with zero attached hydrogens (tertiary/aromatic N) is 3. The summed E-state index contributed by atoms with van der Waals surface area (Å²) in [5.74, 6) is 0. The van der Waals surface area contributed by atoms with Crippen molar-refractivity contribution in [2.24, 2.45) is 0 Å². The van der Waals surface area contributed by atoms with Crippen molar-refractivity contribution in [3.63, 3.8) is 0 Å². The van der Waals surface area contributed by atoms with Crippen LogP contribution in [-0.4, -0.2) is 15.0 Å². The van der Waals surface area contributed by atoms with Gasteiger partial charge in [0.25, 0.3) is 0 Å². The summed E-state index contributed by atoms with van der Waals surface area (Å²) < 4.78 is 0. The zero-order valence-corrected chi connectivity index (χ0v) is 23.4. The van der Waals surface area contributed by atoms with Crippen LogP contribution in [0, 0.1) is 0 Å². The molecule has 0 aliphatic heterocycles. The van der Waals surface area contributed by atoms with E-state index in [1.807, 2.05) is 30.6 Å². The Morgan fingerprint density at radius 2 is 1.10 bits per heavy atom. The van der Waals surface area contributed by atoms with Gasteiger partial charge in [-0.3, -0.25) is 9.97 Å². The van der Waals surface area contributed by atoms with Gasteiger partial charge in [0.2, 0.25) is 0 Å². The number of hydrogen-bond acceptors (Lipinski definition) is 3. The molecule has 0 unspecified atom stereocenters. The lowest BCUT2D eigenvalue weighted by atomic mass is 9.93. The third-order valence-electron chi connectivity index (χ3n) is 7.80. The summed E-state index contributed by atoms with van der Waals surface area (Å²) in [6, 6.07) is 31.9. The quantitative estimate of drug-likeness (QED) is 0.215. The van der Waals surface area contributed by atoms with Crippen molar-refractivity contribution in [3.8, 4) is 44.9 Å². The molecule has 3 aromatic heterocycles. The number of rotatable bonds is 6. The van der Waals surface area contributed by atoms with Gasteiger partial charge in [-0.1, -0.05) is 78.9 Å². The lowest BCUT2D eigenvalue weighted by molar-refractivity contribution is 1.04. The molecule has 0 radical (unpaired) electrons. The van der Waals surface area contributed by atoms with E-state index in [0.29, 0.717) is 0 Å². The summed E-state index contributed by atoms with van der Waals surface area (Å²) in [5.41, 5.74) is 12.8. The van der Waals surface area contributed by atoms with Gasteiger partial charge in [-0.05, 0) is 102 Å². The van der Waals surface area contributed by atoms with Crippen LogP contribution in [0.4, 0.5) is 0 Å². The lowest BCUT2D eigenvalue weighted by Gasteiger charge is -2.15. The zero-order valence-electron chi connectivity index (χ0n) is 23.4. The molecule has 2 aliphatic carbocycles. The molecule has 0 atom stereocenters. The van der Waals surface area contributed by atoms with Crippen molar-refractivity contribution in [1.29, 1.82) is 0 Å². The predicted octanol–water partition coefficient (Wildman–Crippen LogP) is 10.0. The highest BCUT2D eigenvalue weighted by Crippen LogP contribution is 2.35. The first-order chi connectivity index (χ1) is 20.8. The molecule has 0 amide bonds. The predicted molar refractivity (Wildman–Crippen MR) is 174 cm³/mol. The van der Waals surface area contributed by atoms with Crippen LogP contribution in [0.1, 0.15) is 36.9 Å². The van der Waals surface area contributed by atoms with Crippen molar-refractivity contribution in [2.75, 3.05) is 0 Å². The Kier molecular flexibility index (Phi) is 7.22. The summed E-state index contributed by atoms with van der Waals surface area (Å²) in [4.78, 5) is 14.7. The highest BCUT2D eigenvalue weighted by atomic mass is 14.7. The highest BCUT2D eigenvalue weighted by Gasteiger charge is 2.14. The smallest absolute Gasteiger partial charge is 0.0715 e. The Morgan fingerprint density at radius 3 is 1.76 bits per heavy atom. The Bertz CT molecular complexity index is 1840. The van der Waals surface area contributed by atoms with E-state index in [1.165, 1.54) is 11.1 Å². The maximum atomic E-state index is 5.11. The van der Waals surface area contributed by atoms with Gasteiger partial charge in [0.05, 0.1) is 22.8 Å². The van der Waals surface area contributed by atoms with Gasteiger partial charge < -0.3 is 0 Å². The van der Waals surface area contributed by atoms with E-state index in [4.69, 9.17) is 9.97 Å². The first-order valence-corrected chi connectivity index (χ1v) is 14.7. The zero-order chi connectivity index (χ0) is 28.1. The van der Waals surface area contributed by atoms with Crippen LogP contribution in [-0.2, 0) is 0 Å². The number of pyridine rings is 3. The first-order valence-electron chi connectivity index (χ1n) is 14.7. The molecule has 7 rings (SSSR count). The van der Waals surface area contributed by atoms with Gasteiger partial charge in [0, 0.05) is 29.1 Å². The van der Waals surface area contributed by atoms with Gasteiger partial charge >= 0.3 is 0 Å². The number of allylic oxidation sites excluding steroid dienone is 8. The van der Waals surface area contributed by atoms with E-state index in [0.717, 1.165) is 81.8 Å². The van der Waals surface area contributed by atoms with Crippen LogP contribution in [0.15, 0.2) is 140 Å². The van der Waals surface area contributed by atoms with Crippen LogP contribution < -0.4 is 0 Å². The molecule has 0 saturated heterocycles. The Morgan fingerprint density at radius 1 is 0.429 bits per heavy atom. The van der Waals surface area contributed by atoms with Gasteiger partial charge in [0.1, 0.15) is 0 Å². The van der Waals surface area contributed by atoms with Crippen LogP contribution >= 0.6 is 0 Å². The second kappa shape index (κ2) is 11.8. The Balaban J connectivity index is 1.37. The standard InChI is InChI=1S/C39H31N3/c1-4-12-28(13-5-1)31-19-20-37(41-27-31)35-23-32(22-34(24-35)36-18-10-11-21-40-36)33-25-38(29-14-6-2-7-15-29)42-39(26-33)30-16-8-3-9-17-30/h2,4,6-8,10-27H,1,3,5,9H2. The van der Waals surface area contributed by atoms with Gasteiger partial charge in [-0.25, -0.2) is 4.98 Å². The molecule has 3 heteroatoms. The fourth-order valence-electron chi connectivity index (χ4n) is 5.59. The third kappa shape index (κ3) is 5.55. The second-order valence-electron chi connectivity index (χ2n) is 10.7. The van der Waals surface area contributed by atoms with Crippen molar-refractivity contribution >= 4 is 11.1 Å². The Hall–Kier alpha value is -5.15. The lowest BCUT2D eigenvalue weighted by Crippen LogP contribution is -1.96. The van der Waals surface area contributed by atoms with Crippen molar-refractivity contribution in [2.45, 2.75) is 25.7 Å². The summed E-state index contributed by atoms with van der Waals surface area (Å²) in [6.45, 7) is 0. The average molecular weight is 542 g/mol. The topological polar surface area (TPSA) is 38.7 Å². The van der Waals surface area contributed by atoms with Gasteiger partial charge in [0.15, 0.2) is 0 Å². The highest BCUT2D eigenvalue weighted by molar-refractivity contribution is 5.84. The summed E-state index contributed by atoms with van der Waals surface area (Å²) in [6.07, 6.45) is 21.6. The molecule has 0 N–H and O–H groups in total. The number of benzene rings is 2. The fourth-order valence-corrected chi connectivity index (χ4v) is 5.59. The number of aromatic nitrogens is 3. The molecule has 5 aromatic rings. The van der Waals surface area contributed by atoms with Crippen molar-refractivity contribution < 1.29 is 0 Å². The molecule has 3 heterocycles. The molecule has 0 spiro atoms. The minimum atomic E-state index is 0.935. The molecular formula is C39H31N3. The van der Waals surface area contributed by atoms with E-state index in [-0.39, 0.29) is 0 Å². The van der Waals surface area contributed by atoms with E-state index in [9.17, 15) is 0 Å². The molecule has 0 bridgehead atoms. The second-order valence-corrected chi connectivity index (χ2v) is 10.7. The monoisotopic (exact) mass is 541 g/mol. The van der Waals surface area contributed by atoms with Crippen molar-refractivity contribution in [3.05, 3.63) is 151 Å². The molecule has 2 aromatic carbocycles. The third-order valence-corrected chi connectivity index (χ3v) is 7.80. The van der Waals surface area contributed by atoms with E-state index in [1.54, 1.807) is 0 Å². The molecule has 0 fully saturated rings. The summed E-state index contributed by atoms with van der Waals surface area (Å²) in [5, 5.41) is 0. The molecule has 2 aliphatic rings. The minimum Gasteiger partial charge on any atom is -0.256 e. The normalized spacial score (nSPS) is 14.4.